The van der Waals surface area contributed by atoms with Crippen LogP contribution in [0.15, 0.2) is 42.5 Å². The molecule has 2 aromatic rings. The zero-order chi connectivity index (χ0) is 16.4. The van der Waals surface area contributed by atoms with Gasteiger partial charge in [-0.2, -0.15) is 0 Å². The van der Waals surface area contributed by atoms with Crippen LogP contribution >= 0.6 is 33.8 Å². The van der Waals surface area contributed by atoms with Gasteiger partial charge in [-0.05, 0) is 35.9 Å². The topological polar surface area (TPSA) is 72.5 Å². The van der Waals surface area contributed by atoms with Crippen molar-refractivity contribution in [3.63, 3.8) is 0 Å². The van der Waals surface area contributed by atoms with E-state index >= 15 is 0 Å². The summed E-state index contributed by atoms with van der Waals surface area (Å²) in [5, 5.41) is 9.93. The average Bonchev–Trinajstić information content (AvgIpc) is 2.96. The minimum absolute atomic E-state index is 0.0398. The summed E-state index contributed by atoms with van der Waals surface area (Å²) in [7, 11) is 3.50. The molecular formula is C16H13NO3S3. The summed E-state index contributed by atoms with van der Waals surface area (Å²) in [5.41, 5.74) is 7.14. The van der Waals surface area contributed by atoms with E-state index in [0.717, 1.165) is 16.2 Å². The highest BCUT2D eigenvalue weighted by molar-refractivity contribution is 8.78. The van der Waals surface area contributed by atoms with Crippen molar-refractivity contribution in [3.8, 4) is 11.5 Å². The van der Waals surface area contributed by atoms with Crippen molar-refractivity contribution in [2.24, 2.45) is 0 Å². The molecule has 1 heterocycles. The third kappa shape index (κ3) is 3.63. The number of nitrogens with two attached hydrogens (primary N) is 1. The predicted octanol–water partition coefficient (Wildman–Crippen LogP) is 4.00. The van der Waals surface area contributed by atoms with Crippen LogP contribution in [0.3, 0.4) is 0 Å². The molecule has 1 aliphatic rings. The number of phenols is 1. The number of thiocarbonyl (C=S) groups is 1. The molecule has 1 aliphatic heterocycles. The Morgan fingerprint density at radius 2 is 2.00 bits per heavy atom. The Kier molecular flexibility index (Phi) is 4.79. The quantitative estimate of drug-likeness (QED) is 0.213. The van der Waals surface area contributed by atoms with Crippen LogP contribution in [-0.4, -0.2) is 21.7 Å². The molecule has 0 saturated carbocycles. The number of rotatable bonds is 3. The average molecular weight is 363 g/mol. The number of nitrogen functional groups attached to an aromatic ring is 1. The van der Waals surface area contributed by atoms with E-state index in [0.29, 0.717) is 11.4 Å². The van der Waals surface area contributed by atoms with Gasteiger partial charge >= 0.3 is 5.97 Å². The number of hydrogen-bond acceptors (Lipinski definition) is 7. The third-order valence-electron chi connectivity index (χ3n) is 3.29. The number of esters is 1. The lowest BCUT2D eigenvalue weighted by molar-refractivity contribution is 0.0731. The Bertz CT molecular complexity index is 762. The van der Waals surface area contributed by atoms with E-state index in [1.807, 2.05) is 12.1 Å². The van der Waals surface area contributed by atoms with Gasteiger partial charge in [-0.1, -0.05) is 45.9 Å². The van der Waals surface area contributed by atoms with Gasteiger partial charge in [0.15, 0.2) is 0 Å². The van der Waals surface area contributed by atoms with Gasteiger partial charge in [0, 0.05) is 16.3 Å². The lowest BCUT2D eigenvalue weighted by Gasteiger charge is -2.10. The van der Waals surface area contributed by atoms with E-state index in [1.165, 1.54) is 18.2 Å². The van der Waals surface area contributed by atoms with E-state index in [9.17, 15) is 9.90 Å². The maximum atomic E-state index is 12.1. The number of anilines is 1. The van der Waals surface area contributed by atoms with Crippen LogP contribution in [0.2, 0.25) is 0 Å². The molecule has 1 unspecified atom stereocenters. The highest BCUT2D eigenvalue weighted by atomic mass is 33.1. The van der Waals surface area contributed by atoms with Crippen LogP contribution in [0.25, 0.3) is 0 Å². The Labute approximate surface area is 146 Å². The summed E-state index contributed by atoms with van der Waals surface area (Å²) in [6, 6.07) is 11.5. The van der Waals surface area contributed by atoms with Crippen molar-refractivity contribution in [1.29, 1.82) is 0 Å². The molecule has 0 aromatic heterocycles. The fourth-order valence-corrected chi connectivity index (χ4v) is 5.71. The van der Waals surface area contributed by atoms with Gasteiger partial charge in [0.05, 0.1) is 5.25 Å². The van der Waals surface area contributed by atoms with Crippen molar-refractivity contribution >= 4 is 50.3 Å². The second-order valence-electron chi connectivity index (χ2n) is 4.94. The smallest absolute Gasteiger partial charge is 0.347 e. The number of carbonyl (C=O) groups is 1. The van der Waals surface area contributed by atoms with Crippen molar-refractivity contribution < 1.29 is 14.6 Å². The summed E-state index contributed by atoms with van der Waals surface area (Å²) in [6.45, 7) is 0. The molecule has 0 aliphatic carbocycles. The molecule has 7 heteroatoms. The molecule has 0 bridgehead atoms. The van der Waals surface area contributed by atoms with Crippen LogP contribution in [-0.2, 0) is 0 Å². The van der Waals surface area contributed by atoms with Gasteiger partial charge in [0.25, 0.3) is 0 Å². The van der Waals surface area contributed by atoms with Crippen LogP contribution in [0.1, 0.15) is 21.2 Å². The number of benzene rings is 2. The van der Waals surface area contributed by atoms with E-state index in [2.05, 4.69) is 0 Å². The van der Waals surface area contributed by atoms with Gasteiger partial charge in [0.2, 0.25) is 0 Å². The molecule has 1 fully saturated rings. The summed E-state index contributed by atoms with van der Waals surface area (Å²) in [5.74, 6) is 0.479. The van der Waals surface area contributed by atoms with Gasteiger partial charge in [-0.15, -0.1) is 0 Å². The zero-order valence-electron chi connectivity index (χ0n) is 11.9. The highest BCUT2D eigenvalue weighted by Gasteiger charge is 2.24. The fourth-order valence-electron chi connectivity index (χ4n) is 2.12. The van der Waals surface area contributed by atoms with E-state index in [-0.39, 0.29) is 16.6 Å². The first-order valence-electron chi connectivity index (χ1n) is 6.76. The van der Waals surface area contributed by atoms with Crippen LogP contribution < -0.4 is 10.5 Å². The van der Waals surface area contributed by atoms with Crippen LogP contribution in [0, 0.1) is 0 Å². The molecule has 0 radical (unpaired) electrons. The molecule has 2 aromatic carbocycles. The first-order valence-corrected chi connectivity index (χ1v) is 9.55. The minimum atomic E-state index is -0.649. The largest absolute Gasteiger partial charge is 0.507 e. The molecule has 118 valence electrons. The maximum Gasteiger partial charge on any atom is 0.347 e. The van der Waals surface area contributed by atoms with E-state index in [1.54, 1.807) is 33.7 Å². The molecule has 0 spiro atoms. The van der Waals surface area contributed by atoms with Crippen molar-refractivity contribution in [2.75, 3.05) is 11.5 Å². The first-order chi connectivity index (χ1) is 11.0. The Morgan fingerprint density at radius 1 is 1.26 bits per heavy atom. The van der Waals surface area contributed by atoms with Crippen molar-refractivity contribution in [1.82, 2.24) is 0 Å². The number of aromatic hydroxyl groups is 1. The Balaban J connectivity index is 1.74. The first kappa shape index (κ1) is 16.2. The second-order valence-corrected chi connectivity index (χ2v) is 7.94. The minimum Gasteiger partial charge on any atom is -0.507 e. The van der Waals surface area contributed by atoms with Crippen LogP contribution in [0.5, 0.6) is 11.5 Å². The molecule has 3 rings (SSSR count). The third-order valence-corrected chi connectivity index (χ3v) is 6.66. The number of hydrogen-bond donors (Lipinski definition) is 2. The number of phenolic OH excluding ortho intramolecular Hbond substituents is 1. The molecule has 1 saturated heterocycles. The molecular weight excluding hydrogens is 350 g/mol. The van der Waals surface area contributed by atoms with Crippen molar-refractivity contribution in [3.05, 3.63) is 53.6 Å². The van der Waals surface area contributed by atoms with Gasteiger partial charge in [-0.3, -0.25) is 0 Å². The van der Waals surface area contributed by atoms with E-state index < -0.39 is 5.97 Å². The van der Waals surface area contributed by atoms with E-state index in [4.69, 9.17) is 22.7 Å². The Hall–Kier alpha value is -1.70. The van der Waals surface area contributed by atoms with Crippen molar-refractivity contribution in [2.45, 2.75) is 5.25 Å². The molecule has 1 atom stereocenters. The summed E-state index contributed by atoms with van der Waals surface area (Å²) in [4.78, 5) is 13.1. The fraction of sp³-hybridized carbons (Fsp3) is 0.125. The second kappa shape index (κ2) is 6.82. The van der Waals surface area contributed by atoms with Gasteiger partial charge in [-0.25, -0.2) is 4.79 Å². The highest BCUT2D eigenvalue weighted by Crippen LogP contribution is 2.46. The summed E-state index contributed by atoms with van der Waals surface area (Å²) < 4.78 is 5.28. The van der Waals surface area contributed by atoms with Crippen LogP contribution in [0.4, 0.5) is 5.69 Å². The van der Waals surface area contributed by atoms with Gasteiger partial charge < -0.3 is 15.6 Å². The summed E-state index contributed by atoms with van der Waals surface area (Å²) in [6.07, 6.45) is 0. The number of carbonyl (C=O) groups excluding carboxylic acids is 1. The number of ether oxygens (including phenoxy) is 1. The molecule has 23 heavy (non-hydrogen) atoms. The monoisotopic (exact) mass is 363 g/mol. The zero-order valence-corrected chi connectivity index (χ0v) is 14.3. The molecule has 4 nitrogen and oxygen atoms in total. The maximum absolute atomic E-state index is 12.1. The predicted molar refractivity (Wildman–Crippen MR) is 99.3 cm³/mol. The Morgan fingerprint density at radius 3 is 2.65 bits per heavy atom. The lowest BCUT2D eigenvalue weighted by Crippen LogP contribution is -2.09. The molecule has 3 N–H and O–H groups in total. The lowest BCUT2D eigenvalue weighted by atomic mass is 10.1. The standard InChI is InChI=1S/C16H13NO3S3/c17-10-3-6-13(18)12(7-10)16(19)20-11-4-1-9(2-5-11)15-14(21)8-22-23-15/h1-7,15,18H,8,17H2. The summed E-state index contributed by atoms with van der Waals surface area (Å²) >= 11 is 5.35. The van der Waals surface area contributed by atoms with Gasteiger partial charge in [0.1, 0.15) is 17.1 Å². The normalized spacial score (nSPS) is 17.2. The SMILES string of the molecule is Nc1ccc(O)c(C(=O)Oc2ccc(C3SSCC3=S)cc2)c1. The molecule has 0 amide bonds.